The Bertz CT molecular complexity index is 367. The number of anilines is 1. The summed E-state index contributed by atoms with van der Waals surface area (Å²) in [7, 11) is 0. The second-order valence-corrected chi connectivity index (χ2v) is 2.21. The number of hydrogen-bond acceptors (Lipinski definition) is 5. The van der Waals surface area contributed by atoms with Crippen LogP contribution in [-0.2, 0) is 0 Å². The maximum absolute atomic E-state index is 10.4. The number of hydrogen-bond donors (Lipinski definition) is 3. The van der Waals surface area contributed by atoms with Crippen LogP contribution in [0, 0.1) is 10.1 Å². The van der Waals surface area contributed by atoms with Gasteiger partial charge in [0.2, 0.25) is 0 Å². The van der Waals surface area contributed by atoms with Gasteiger partial charge in [0.05, 0.1) is 4.92 Å². The van der Waals surface area contributed by atoms with Crippen molar-refractivity contribution < 1.29 is 14.8 Å². The maximum Gasteiger partial charge on any atom is 0.423 e. The van der Waals surface area contributed by atoms with Gasteiger partial charge in [-0.1, -0.05) is 0 Å². The molecule has 0 radical (unpaired) electrons. The van der Waals surface area contributed by atoms with E-state index in [2.05, 4.69) is 10.4 Å². The molecule has 0 aliphatic heterocycles. The summed E-state index contributed by atoms with van der Waals surface area (Å²) in [6.45, 7) is 0. The molecule has 1 rings (SSSR count). The quantitative estimate of drug-likeness (QED) is 0.483. The van der Waals surface area contributed by atoms with Crippen molar-refractivity contribution in [2.75, 3.05) is 5.43 Å². The van der Waals surface area contributed by atoms with Gasteiger partial charge in [0, 0.05) is 6.20 Å². The van der Waals surface area contributed by atoms with Crippen LogP contribution >= 0.6 is 0 Å². The molecule has 0 aliphatic rings. The molecule has 8 nitrogen and oxygen atoms in total. The second kappa shape index (κ2) is 4.03. The smallest absolute Gasteiger partial charge is 0.423 e. The molecule has 1 heterocycles. The van der Waals surface area contributed by atoms with E-state index in [1.165, 1.54) is 12.3 Å². The standard InChI is InChI=1S/C6H6N4O4/c11-6(12)9-8-4-1-2-7-3-5(4)10(13)14/h1-3,9H,(H,7,8)(H,11,12). The monoisotopic (exact) mass is 198 g/mol. The molecule has 0 saturated heterocycles. The summed E-state index contributed by atoms with van der Waals surface area (Å²) in [5.41, 5.74) is 3.68. The van der Waals surface area contributed by atoms with Gasteiger partial charge >= 0.3 is 11.8 Å². The summed E-state index contributed by atoms with van der Waals surface area (Å²) < 4.78 is 0. The molecule has 0 bridgehead atoms. The fourth-order valence-electron chi connectivity index (χ4n) is 0.758. The van der Waals surface area contributed by atoms with Gasteiger partial charge in [-0.3, -0.25) is 20.5 Å². The lowest BCUT2D eigenvalue weighted by molar-refractivity contribution is -0.384. The lowest BCUT2D eigenvalue weighted by Gasteiger charge is -2.04. The van der Waals surface area contributed by atoms with E-state index in [0.717, 1.165) is 6.20 Å². The maximum atomic E-state index is 10.4. The lowest BCUT2D eigenvalue weighted by atomic mass is 10.4. The third-order valence-electron chi connectivity index (χ3n) is 1.30. The molecule has 3 N–H and O–H groups in total. The number of carbonyl (C=O) groups is 1. The fourth-order valence-corrected chi connectivity index (χ4v) is 0.758. The number of carboxylic acid groups (broad SMARTS) is 1. The Morgan fingerprint density at radius 2 is 2.36 bits per heavy atom. The van der Waals surface area contributed by atoms with Crippen LogP contribution in [0.25, 0.3) is 0 Å². The minimum Gasteiger partial charge on any atom is -0.464 e. The molecule has 1 aromatic rings. The Balaban J connectivity index is 2.84. The van der Waals surface area contributed by atoms with Crippen LogP contribution in [0.5, 0.6) is 0 Å². The number of nitro groups is 1. The zero-order valence-electron chi connectivity index (χ0n) is 6.80. The van der Waals surface area contributed by atoms with Crippen LogP contribution in [0.2, 0.25) is 0 Å². The molecule has 0 aromatic carbocycles. The van der Waals surface area contributed by atoms with Crippen molar-refractivity contribution in [2.45, 2.75) is 0 Å². The zero-order chi connectivity index (χ0) is 10.6. The average Bonchev–Trinajstić information content (AvgIpc) is 2.15. The van der Waals surface area contributed by atoms with E-state index in [1.54, 1.807) is 5.43 Å². The highest BCUT2D eigenvalue weighted by molar-refractivity contribution is 5.69. The first-order valence-corrected chi connectivity index (χ1v) is 3.44. The highest BCUT2D eigenvalue weighted by Crippen LogP contribution is 2.20. The Hall–Kier alpha value is -2.38. The third-order valence-corrected chi connectivity index (χ3v) is 1.30. The van der Waals surface area contributed by atoms with Gasteiger partial charge in [-0.2, -0.15) is 0 Å². The fraction of sp³-hybridized carbons (Fsp3) is 0. The van der Waals surface area contributed by atoms with Crippen molar-refractivity contribution in [3.8, 4) is 0 Å². The normalized spacial score (nSPS) is 9.14. The first kappa shape index (κ1) is 9.71. The van der Waals surface area contributed by atoms with Gasteiger partial charge in [-0.05, 0) is 6.07 Å². The Morgan fingerprint density at radius 1 is 1.64 bits per heavy atom. The molecule has 14 heavy (non-hydrogen) atoms. The van der Waals surface area contributed by atoms with Gasteiger partial charge < -0.3 is 5.11 Å². The summed E-state index contributed by atoms with van der Waals surface area (Å²) >= 11 is 0. The highest BCUT2D eigenvalue weighted by Gasteiger charge is 2.12. The predicted octanol–water partition coefficient (Wildman–Crippen LogP) is 0.584. The number of nitrogens with zero attached hydrogens (tertiary/aromatic N) is 2. The minimum absolute atomic E-state index is 0.0346. The number of nitrogens with one attached hydrogen (secondary N) is 2. The summed E-state index contributed by atoms with van der Waals surface area (Å²) in [4.78, 5) is 23.4. The molecule has 0 spiro atoms. The molecular formula is C6H6N4O4. The first-order valence-electron chi connectivity index (χ1n) is 3.44. The van der Waals surface area contributed by atoms with E-state index in [4.69, 9.17) is 5.11 Å². The summed E-state index contributed by atoms with van der Waals surface area (Å²) in [6.07, 6.45) is 0.987. The number of pyridine rings is 1. The number of aromatic nitrogens is 1. The van der Waals surface area contributed by atoms with Crippen molar-refractivity contribution in [2.24, 2.45) is 0 Å². The van der Waals surface area contributed by atoms with Crippen molar-refractivity contribution >= 4 is 17.5 Å². The van der Waals surface area contributed by atoms with Gasteiger partial charge in [0.15, 0.2) is 0 Å². The number of hydrazine groups is 1. The van der Waals surface area contributed by atoms with Crippen LogP contribution in [0.1, 0.15) is 0 Å². The topological polar surface area (TPSA) is 117 Å². The van der Waals surface area contributed by atoms with E-state index >= 15 is 0 Å². The van der Waals surface area contributed by atoms with E-state index in [1.807, 2.05) is 0 Å². The molecule has 0 saturated carbocycles. The van der Waals surface area contributed by atoms with Gasteiger partial charge in [0.1, 0.15) is 11.9 Å². The van der Waals surface area contributed by atoms with E-state index in [-0.39, 0.29) is 11.4 Å². The van der Waals surface area contributed by atoms with Crippen molar-refractivity contribution in [1.82, 2.24) is 10.4 Å². The molecule has 0 fully saturated rings. The highest BCUT2D eigenvalue weighted by atomic mass is 16.6. The SMILES string of the molecule is O=C(O)NNc1ccncc1[N+](=O)[O-]. The van der Waals surface area contributed by atoms with E-state index < -0.39 is 11.0 Å². The summed E-state index contributed by atoms with van der Waals surface area (Å²) in [5.74, 6) is 0. The second-order valence-electron chi connectivity index (χ2n) is 2.21. The largest absolute Gasteiger partial charge is 0.464 e. The first-order chi connectivity index (χ1) is 6.61. The van der Waals surface area contributed by atoms with Crippen LogP contribution in [0.4, 0.5) is 16.2 Å². The van der Waals surface area contributed by atoms with E-state index in [9.17, 15) is 14.9 Å². The summed E-state index contributed by atoms with van der Waals surface area (Å²) in [5, 5.41) is 18.7. The average molecular weight is 198 g/mol. The Labute approximate surface area is 77.7 Å². The molecule has 0 unspecified atom stereocenters. The van der Waals surface area contributed by atoms with Crippen molar-refractivity contribution in [3.05, 3.63) is 28.6 Å². The van der Waals surface area contributed by atoms with Crippen LogP contribution < -0.4 is 10.9 Å². The Kier molecular flexibility index (Phi) is 2.79. The molecule has 1 amide bonds. The van der Waals surface area contributed by atoms with Crippen molar-refractivity contribution in [1.29, 1.82) is 0 Å². The van der Waals surface area contributed by atoms with Gasteiger partial charge in [-0.25, -0.2) is 10.2 Å². The molecular weight excluding hydrogens is 192 g/mol. The van der Waals surface area contributed by atoms with Gasteiger partial charge in [-0.15, -0.1) is 0 Å². The van der Waals surface area contributed by atoms with E-state index in [0.29, 0.717) is 0 Å². The minimum atomic E-state index is -1.34. The molecule has 74 valence electrons. The van der Waals surface area contributed by atoms with Crippen LogP contribution in [0.3, 0.4) is 0 Å². The number of rotatable bonds is 3. The zero-order valence-corrected chi connectivity index (χ0v) is 6.80. The molecule has 8 heteroatoms. The summed E-state index contributed by atoms with van der Waals surface area (Å²) in [6, 6.07) is 1.29. The van der Waals surface area contributed by atoms with Crippen LogP contribution in [-0.4, -0.2) is 21.1 Å². The third kappa shape index (κ3) is 2.30. The van der Waals surface area contributed by atoms with Crippen molar-refractivity contribution in [3.63, 3.8) is 0 Å². The van der Waals surface area contributed by atoms with Gasteiger partial charge in [0.25, 0.3) is 0 Å². The molecule has 0 atom stereocenters. The lowest BCUT2D eigenvalue weighted by Crippen LogP contribution is -2.27. The molecule has 1 aromatic heterocycles. The number of amides is 1. The van der Waals surface area contributed by atoms with Crippen LogP contribution in [0.15, 0.2) is 18.5 Å². The predicted molar refractivity (Wildman–Crippen MR) is 45.7 cm³/mol. The Morgan fingerprint density at radius 3 is 2.93 bits per heavy atom. The molecule has 0 aliphatic carbocycles.